The SMILES string of the molecule is Cc1cc(N(C)C)cc(C)c1NC(=O)CN1CCN(CCCC(c2ccc(F)cc2)c2ccc(F)cc2)C(C(N)=O)C1.Cl.Cl.Cl.O. The lowest BCUT2D eigenvalue weighted by Crippen LogP contribution is -2.59. The van der Waals surface area contributed by atoms with Crippen LogP contribution >= 0.6 is 37.2 Å². The van der Waals surface area contributed by atoms with Crippen molar-refractivity contribution < 1.29 is 23.8 Å². The zero-order valence-electron chi connectivity index (χ0n) is 26.6. The highest BCUT2D eigenvalue weighted by Crippen LogP contribution is 2.30. The summed E-state index contributed by atoms with van der Waals surface area (Å²) in [6.45, 7) is 6.39. The first-order chi connectivity index (χ1) is 20.0. The van der Waals surface area contributed by atoms with E-state index in [4.69, 9.17) is 5.73 Å². The number of halogens is 5. The van der Waals surface area contributed by atoms with Crippen LogP contribution in [-0.4, -0.2) is 80.0 Å². The summed E-state index contributed by atoms with van der Waals surface area (Å²) in [4.78, 5) is 31.5. The van der Waals surface area contributed by atoms with Crippen molar-refractivity contribution >= 4 is 60.4 Å². The van der Waals surface area contributed by atoms with Crippen LogP contribution in [0.25, 0.3) is 0 Å². The number of nitrogens with one attached hydrogen (secondary N) is 1. The van der Waals surface area contributed by atoms with Gasteiger partial charge >= 0.3 is 0 Å². The van der Waals surface area contributed by atoms with E-state index in [0.29, 0.717) is 26.2 Å². The molecule has 3 aromatic carbocycles. The number of benzene rings is 3. The van der Waals surface area contributed by atoms with E-state index in [1.807, 2.05) is 49.9 Å². The molecular weight excluding hydrogens is 659 g/mol. The lowest BCUT2D eigenvalue weighted by molar-refractivity contribution is -0.127. The Balaban J connectivity index is 0.00000506. The van der Waals surface area contributed by atoms with Crippen LogP contribution in [0.3, 0.4) is 0 Å². The summed E-state index contributed by atoms with van der Waals surface area (Å²) in [6, 6.07) is 16.4. The number of aryl methyl sites for hydroxylation is 2. The summed E-state index contributed by atoms with van der Waals surface area (Å²) in [7, 11) is 3.97. The predicted octanol–water partition coefficient (Wildman–Crippen LogP) is 5.11. The first-order valence-corrected chi connectivity index (χ1v) is 14.4. The van der Waals surface area contributed by atoms with E-state index in [1.54, 1.807) is 24.3 Å². The maximum absolute atomic E-state index is 13.6. The van der Waals surface area contributed by atoms with Gasteiger partial charge in [-0.1, -0.05) is 24.3 Å². The molecule has 0 radical (unpaired) electrons. The molecule has 8 nitrogen and oxygen atoms in total. The van der Waals surface area contributed by atoms with Crippen LogP contribution < -0.4 is 16.0 Å². The lowest BCUT2D eigenvalue weighted by atomic mass is 9.87. The summed E-state index contributed by atoms with van der Waals surface area (Å²) in [5.74, 6) is -1.20. The monoisotopic (exact) mass is 703 g/mol. The highest BCUT2D eigenvalue weighted by Gasteiger charge is 2.31. The van der Waals surface area contributed by atoms with Gasteiger partial charge in [-0.25, -0.2) is 8.78 Å². The molecule has 5 N–H and O–H groups in total. The van der Waals surface area contributed by atoms with Crippen molar-refractivity contribution in [2.24, 2.45) is 5.73 Å². The molecule has 0 spiro atoms. The van der Waals surface area contributed by atoms with Crippen molar-refractivity contribution in [3.05, 3.63) is 94.6 Å². The first-order valence-electron chi connectivity index (χ1n) is 14.4. The number of nitrogens with two attached hydrogens (primary N) is 1. The Morgan fingerprint density at radius 3 is 1.87 bits per heavy atom. The molecule has 1 unspecified atom stereocenters. The topological polar surface area (TPSA) is 113 Å². The molecule has 1 atom stereocenters. The van der Waals surface area contributed by atoms with E-state index in [-0.39, 0.29) is 72.7 Å². The van der Waals surface area contributed by atoms with Crippen LogP contribution in [0, 0.1) is 25.5 Å². The van der Waals surface area contributed by atoms with Gasteiger partial charge in [-0.15, -0.1) is 37.2 Å². The number of primary amides is 1. The summed E-state index contributed by atoms with van der Waals surface area (Å²) in [6.07, 6.45) is 1.49. The molecule has 1 saturated heterocycles. The number of hydrogen-bond acceptors (Lipinski definition) is 5. The van der Waals surface area contributed by atoms with Gasteiger partial charge in [0.1, 0.15) is 17.7 Å². The summed E-state index contributed by atoms with van der Waals surface area (Å²) >= 11 is 0. The van der Waals surface area contributed by atoms with Crippen molar-refractivity contribution in [3.8, 4) is 0 Å². The second-order valence-corrected chi connectivity index (χ2v) is 11.4. The Bertz CT molecular complexity index is 1330. The molecule has 2 amide bonds. The molecule has 0 saturated carbocycles. The normalized spacial score (nSPS) is 14.6. The van der Waals surface area contributed by atoms with Gasteiger partial charge in [0.25, 0.3) is 0 Å². The number of amides is 2. The molecule has 1 aliphatic heterocycles. The molecule has 13 heteroatoms. The molecule has 256 valence electrons. The number of hydrogen-bond donors (Lipinski definition) is 2. The van der Waals surface area contributed by atoms with Crippen LogP contribution in [0.2, 0.25) is 0 Å². The fourth-order valence-electron chi connectivity index (χ4n) is 5.75. The van der Waals surface area contributed by atoms with Crippen molar-refractivity contribution in [3.63, 3.8) is 0 Å². The van der Waals surface area contributed by atoms with Gasteiger partial charge in [0.2, 0.25) is 11.8 Å². The van der Waals surface area contributed by atoms with Gasteiger partial charge in [-0.3, -0.25) is 19.4 Å². The molecule has 0 aromatic heterocycles. The Kier molecular flexibility index (Phi) is 18.3. The van der Waals surface area contributed by atoms with E-state index < -0.39 is 11.9 Å². The Hall–Kier alpha value is -2.99. The second kappa shape index (κ2) is 19.6. The van der Waals surface area contributed by atoms with Gasteiger partial charge in [0, 0.05) is 51.0 Å². The molecule has 46 heavy (non-hydrogen) atoms. The van der Waals surface area contributed by atoms with Gasteiger partial charge in [0.05, 0.1) is 6.54 Å². The molecule has 1 heterocycles. The average Bonchev–Trinajstić information content (AvgIpc) is 2.94. The minimum absolute atomic E-state index is 0. The van der Waals surface area contributed by atoms with E-state index in [9.17, 15) is 18.4 Å². The third-order valence-electron chi connectivity index (χ3n) is 8.05. The van der Waals surface area contributed by atoms with Crippen molar-refractivity contribution in [1.82, 2.24) is 9.80 Å². The maximum atomic E-state index is 13.6. The summed E-state index contributed by atoms with van der Waals surface area (Å²) < 4.78 is 27.2. The van der Waals surface area contributed by atoms with E-state index in [0.717, 1.165) is 46.5 Å². The zero-order chi connectivity index (χ0) is 30.4. The van der Waals surface area contributed by atoms with E-state index in [1.165, 1.54) is 24.3 Å². The largest absolute Gasteiger partial charge is 0.412 e. The van der Waals surface area contributed by atoms with Crippen LogP contribution in [-0.2, 0) is 9.59 Å². The van der Waals surface area contributed by atoms with Gasteiger partial charge in [-0.05, 0) is 91.9 Å². The third-order valence-corrected chi connectivity index (χ3v) is 8.05. The summed E-state index contributed by atoms with van der Waals surface area (Å²) in [5, 5.41) is 3.06. The molecule has 4 rings (SSSR count). The standard InChI is InChI=1S/C33H41F2N5O2.3ClH.H2O/c1-22-18-28(38(3)4)19-23(2)32(22)37-31(41)21-39-16-17-40(30(20-39)33(36)42)15-5-6-29(24-7-11-26(34)12-8-24)25-9-13-27(35)14-10-25;;;;/h7-14,18-19,29-30H,5-6,15-17,20-21H2,1-4H3,(H2,36,42)(H,37,41);3*1H;1H2. The smallest absolute Gasteiger partial charge is 0.238 e. The quantitative estimate of drug-likeness (QED) is 0.288. The number of carbonyl (C=O) groups is 2. The second-order valence-electron chi connectivity index (χ2n) is 11.4. The molecule has 0 aliphatic carbocycles. The highest BCUT2D eigenvalue weighted by atomic mass is 35.5. The maximum Gasteiger partial charge on any atom is 0.238 e. The summed E-state index contributed by atoms with van der Waals surface area (Å²) in [5.41, 5.74) is 11.6. The molecular formula is C33H46Cl3F2N5O3. The number of rotatable bonds is 11. The predicted molar refractivity (Wildman–Crippen MR) is 189 cm³/mol. The number of anilines is 2. The first kappa shape index (κ1) is 43.0. The average molecular weight is 705 g/mol. The minimum Gasteiger partial charge on any atom is -0.412 e. The minimum atomic E-state index is -0.510. The van der Waals surface area contributed by atoms with E-state index in [2.05, 4.69) is 10.2 Å². The van der Waals surface area contributed by atoms with Crippen molar-refractivity contribution in [1.29, 1.82) is 0 Å². The fraction of sp³-hybridized carbons (Fsp3) is 0.394. The fourth-order valence-corrected chi connectivity index (χ4v) is 5.75. The lowest BCUT2D eigenvalue weighted by Gasteiger charge is -2.39. The van der Waals surface area contributed by atoms with Gasteiger partial charge in [-0.2, -0.15) is 0 Å². The van der Waals surface area contributed by atoms with Crippen LogP contribution in [0.5, 0.6) is 0 Å². The van der Waals surface area contributed by atoms with Crippen LogP contribution in [0.1, 0.15) is 41.0 Å². The Morgan fingerprint density at radius 1 is 0.913 bits per heavy atom. The molecule has 1 fully saturated rings. The van der Waals surface area contributed by atoms with Gasteiger partial charge < -0.3 is 21.4 Å². The number of nitrogens with zero attached hydrogens (tertiary/aromatic N) is 3. The molecule has 1 aliphatic rings. The number of carbonyl (C=O) groups excluding carboxylic acids is 2. The zero-order valence-corrected chi connectivity index (χ0v) is 29.0. The van der Waals surface area contributed by atoms with Crippen LogP contribution in [0.4, 0.5) is 20.2 Å². The third kappa shape index (κ3) is 11.4. The Labute approximate surface area is 289 Å². The van der Waals surface area contributed by atoms with Crippen molar-refractivity contribution in [2.75, 3.05) is 57.0 Å². The molecule has 3 aromatic rings. The highest BCUT2D eigenvalue weighted by molar-refractivity contribution is 5.94. The van der Waals surface area contributed by atoms with Crippen LogP contribution in [0.15, 0.2) is 60.7 Å². The van der Waals surface area contributed by atoms with Gasteiger partial charge in [0.15, 0.2) is 0 Å². The van der Waals surface area contributed by atoms with E-state index >= 15 is 0 Å². The number of piperazine rings is 1. The Morgan fingerprint density at radius 2 is 1.41 bits per heavy atom. The van der Waals surface area contributed by atoms with Crippen molar-refractivity contribution in [2.45, 2.75) is 38.6 Å². The molecule has 0 bridgehead atoms.